The van der Waals surface area contributed by atoms with Crippen molar-refractivity contribution in [2.75, 3.05) is 0 Å². The van der Waals surface area contributed by atoms with E-state index in [0.717, 1.165) is 17.0 Å². The van der Waals surface area contributed by atoms with Crippen LogP contribution in [0.3, 0.4) is 0 Å². The van der Waals surface area contributed by atoms with Crippen LogP contribution in [-0.2, 0) is 11.2 Å². The number of benzene rings is 1. The standard InChI is InChI=1S/C16H17FN2O2/c1-9-4-5-12(8-14(9)17)16-18-10(2)13(11(3)19-16)6-7-15(20)21/h4-5,8H,6-7H2,1-3H3,(H,20,21). The van der Waals surface area contributed by atoms with Crippen molar-refractivity contribution in [1.82, 2.24) is 9.97 Å². The molecular formula is C16H17FN2O2. The Kier molecular flexibility index (Phi) is 4.31. The molecule has 0 amide bonds. The molecule has 0 aliphatic carbocycles. The molecule has 110 valence electrons. The highest BCUT2D eigenvalue weighted by Crippen LogP contribution is 2.21. The third kappa shape index (κ3) is 3.42. The summed E-state index contributed by atoms with van der Waals surface area (Å²) in [4.78, 5) is 19.4. The van der Waals surface area contributed by atoms with Crippen molar-refractivity contribution < 1.29 is 14.3 Å². The van der Waals surface area contributed by atoms with E-state index in [1.54, 1.807) is 19.1 Å². The Labute approximate surface area is 122 Å². The summed E-state index contributed by atoms with van der Waals surface area (Å²) in [5.41, 5.74) is 3.51. The van der Waals surface area contributed by atoms with Crippen LogP contribution in [0.15, 0.2) is 18.2 Å². The number of rotatable bonds is 4. The first-order valence-corrected chi connectivity index (χ1v) is 6.71. The van der Waals surface area contributed by atoms with Crippen molar-refractivity contribution in [3.05, 3.63) is 46.5 Å². The van der Waals surface area contributed by atoms with Crippen molar-refractivity contribution >= 4 is 5.97 Å². The van der Waals surface area contributed by atoms with Gasteiger partial charge in [0.15, 0.2) is 5.82 Å². The van der Waals surface area contributed by atoms with E-state index >= 15 is 0 Å². The molecule has 21 heavy (non-hydrogen) atoms. The highest BCUT2D eigenvalue weighted by molar-refractivity contribution is 5.67. The largest absolute Gasteiger partial charge is 0.481 e. The molecule has 1 aromatic heterocycles. The van der Waals surface area contributed by atoms with Gasteiger partial charge in [-0.05, 0) is 44.4 Å². The quantitative estimate of drug-likeness (QED) is 0.938. The van der Waals surface area contributed by atoms with Crippen LogP contribution in [0.4, 0.5) is 4.39 Å². The van der Waals surface area contributed by atoms with Gasteiger partial charge in [-0.15, -0.1) is 0 Å². The maximum atomic E-state index is 13.6. The van der Waals surface area contributed by atoms with E-state index in [4.69, 9.17) is 5.11 Å². The minimum atomic E-state index is -0.849. The fraction of sp³-hybridized carbons (Fsp3) is 0.312. The Bertz CT molecular complexity index is 676. The zero-order valence-corrected chi connectivity index (χ0v) is 12.3. The molecule has 2 aromatic rings. The fourth-order valence-corrected chi connectivity index (χ4v) is 2.19. The second kappa shape index (κ2) is 5.99. The van der Waals surface area contributed by atoms with E-state index < -0.39 is 5.97 Å². The monoisotopic (exact) mass is 288 g/mol. The van der Waals surface area contributed by atoms with Crippen molar-refractivity contribution in [3.8, 4) is 11.4 Å². The third-order valence-electron chi connectivity index (χ3n) is 3.44. The van der Waals surface area contributed by atoms with Crippen molar-refractivity contribution in [3.63, 3.8) is 0 Å². The van der Waals surface area contributed by atoms with Gasteiger partial charge >= 0.3 is 5.97 Å². The molecule has 0 fully saturated rings. The Morgan fingerprint density at radius 3 is 2.33 bits per heavy atom. The number of carboxylic acids is 1. The summed E-state index contributed by atoms with van der Waals surface area (Å²) in [7, 11) is 0. The first-order valence-electron chi connectivity index (χ1n) is 6.71. The molecule has 0 unspecified atom stereocenters. The zero-order chi connectivity index (χ0) is 15.6. The smallest absolute Gasteiger partial charge is 0.303 e. The number of nitrogens with zero attached hydrogens (tertiary/aromatic N) is 2. The van der Waals surface area contributed by atoms with E-state index in [1.807, 2.05) is 13.8 Å². The molecule has 4 nitrogen and oxygen atoms in total. The molecule has 1 heterocycles. The van der Waals surface area contributed by atoms with Crippen molar-refractivity contribution in [1.29, 1.82) is 0 Å². The van der Waals surface area contributed by atoms with E-state index in [0.29, 0.717) is 23.4 Å². The van der Waals surface area contributed by atoms with Gasteiger partial charge in [0.1, 0.15) is 5.82 Å². The Morgan fingerprint density at radius 2 is 1.81 bits per heavy atom. The van der Waals surface area contributed by atoms with Crippen LogP contribution in [0.5, 0.6) is 0 Å². The van der Waals surface area contributed by atoms with Gasteiger partial charge in [0.2, 0.25) is 0 Å². The van der Waals surface area contributed by atoms with Gasteiger partial charge < -0.3 is 5.11 Å². The summed E-state index contributed by atoms with van der Waals surface area (Å²) in [6.45, 7) is 5.34. The minimum absolute atomic E-state index is 0.0452. The molecule has 0 saturated heterocycles. The Hall–Kier alpha value is -2.30. The Balaban J connectivity index is 2.38. The van der Waals surface area contributed by atoms with Crippen LogP contribution >= 0.6 is 0 Å². The lowest BCUT2D eigenvalue weighted by Crippen LogP contribution is -2.06. The number of aryl methyl sites for hydroxylation is 3. The maximum absolute atomic E-state index is 13.6. The molecule has 0 radical (unpaired) electrons. The lowest BCUT2D eigenvalue weighted by atomic mass is 10.1. The average Bonchev–Trinajstić information content (AvgIpc) is 2.40. The van der Waals surface area contributed by atoms with Crippen LogP contribution in [0.2, 0.25) is 0 Å². The van der Waals surface area contributed by atoms with Gasteiger partial charge in [0, 0.05) is 23.4 Å². The predicted octanol–water partition coefficient (Wildman–Crippen LogP) is 3.23. The van der Waals surface area contributed by atoms with Gasteiger partial charge in [-0.25, -0.2) is 14.4 Å². The molecule has 1 N–H and O–H groups in total. The summed E-state index contributed by atoms with van der Waals surface area (Å²) >= 11 is 0. The van der Waals surface area contributed by atoms with E-state index in [9.17, 15) is 9.18 Å². The highest BCUT2D eigenvalue weighted by atomic mass is 19.1. The first kappa shape index (κ1) is 15.1. The molecule has 1 aromatic carbocycles. The minimum Gasteiger partial charge on any atom is -0.481 e. The van der Waals surface area contributed by atoms with Crippen LogP contribution in [0, 0.1) is 26.6 Å². The lowest BCUT2D eigenvalue weighted by Gasteiger charge is -2.10. The van der Waals surface area contributed by atoms with Crippen molar-refractivity contribution in [2.45, 2.75) is 33.6 Å². The summed E-state index contributed by atoms with van der Waals surface area (Å²) in [5, 5.41) is 8.76. The second-order valence-corrected chi connectivity index (χ2v) is 5.05. The average molecular weight is 288 g/mol. The van der Waals surface area contributed by atoms with E-state index in [-0.39, 0.29) is 12.2 Å². The van der Waals surface area contributed by atoms with Gasteiger partial charge in [0.05, 0.1) is 0 Å². The maximum Gasteiger partial charge on any atom is 0.303 e. The fourth-order valence-electron chi connectivity index (χ4n) is 2.19. The Morgan fingerprint density at radius 1 is 1.19 bits per heavy atom. The van der Waals surface area contributed by atoms with Gasteiger partial charge in [0.25, 0.3) is 0 Å². The number of aromatic nitrogens is 2. The summed E-state index contributed by atoms with van der Waals surface area (Å²) in [6, 6.07) is 4.89. The summed E-state index contributed by atoms with van der Waals surface area (Å²) in [5.74, 6) is -0.678. The normalized spacial score (nSPS) is 10.7. The summed E-state index contributed by atoms with van der Waals surface area (Å²) < 4.78 is 13.6. The van der Waals surface area contributed by atoms with Gasteiger partial charge in [-0.3, -0.25) is 4.79 Å². The zero-order valence-electron chi connectivity index (χ0n) is 12.3. The van der Waals surface area contributed by atoms with Crippen molar-refractivity contribution in [2.24, 2.45) is 0 Å². The number of aliphatic carboxylic acids is 1. The molecule has 0 bridgehead atoms. The van der Waals surface area contributed by atoms with Crippen LogP contribution in [0.25, 0.3) is 11.4 Å². The van der Waals surface area contributed by atoms with E-state index in [1.165, 1.54) is 6.07 Å². The molecule has 2 rings (SSSR count). The molecule has 0 aliphatic heterocycles. The molecule has 0 aliphatic rings. The van der Waals surface area contributed by atoms with E-state index in [2.05, 4.69) is 9.97 Å². The summed E-state index contributed by atoms with van der Waals surface area (Å²) in [6.07, 6.45) is 0.444. The first-order chi connectivity index (χ1) is 9.88. The SMILES string of the molecule is Cc1ccc(-c2nc(C)c(CCC(=O)O)c(C)n2)cc1F. The second-order valence-electron chi connectivity index (χ2n) is 5.05. The number of halogens is 1. The lowest BCUT2D eigenvalue weighted by molar-refractivity contribution is -0.136. The molecule has 5 heteroatoms. The van der Waals surface area contributed by atoms with Gasteiger partial charge in [-0.2, -0.15) is 0 Å². The predicted molar refractivity (Wildman–Crippen MR) is 77.6 cm³/mol. The molecule has 0 spiro atoms. The third-order valence-corrected chi connectivity index (χ3v) is 3.44. The van der Waals surface area contributed by atoms with Crippen LogP contribution in [-0.4, -0.2) is 21.0 Å². The van der Waals surface area contributed by atoms with Gasteiger partial charge in [-0.1, -0.05) is 12.1 Å². The van der Waals surface area contributed by atoms with Crippen LogP contribution < -0.4 is 0 Å². The topological polar surface area (TPSA) is 63.1 Å². The number of carbonyl (C=O) groups is 1. The van der Waals surface area contributed by atoms with Crippen LogP contribution in [0.1, 0.15) is 28.9 Å². The molecule has 0 saturated carbocycles. The highest BCUT2D eigenvalue weighted by Gasteiger charge is 2.12. The molecule has 0 atom stereocenters. The number of hydrogen-bond acceptors (Lipinski definition) is 3. The number of carboxylic acid groups (broad SMARTS) is 1. The number of hydrogen-bond donors (Lipinski definition) is 1. The molecular weight excluding hydrogens is 271 g/mol.